The minimum atomic E-state index is -1.37. The summed E-state index contributed by atoms with van der Waals surface area (Å²) in [5, 5.41) is 15.2. The molecule has 22 heavy (non-hydrogen) atoms. The molecule has 2 heterocycles. The van der Waals surface area contributed by atoms with Gasteiger partial charge in [0.2, 0.25) is 5.79 Å². The summed E-state index contributed by atoms with van der Waals surface area (Å²) in [5.41, 5.74) is 0.909. The van der Waals surface area contributed by atoms with E-state index >= 15 is 0 Å². The molecule has 1 N–H and O–H groups in total. The average molecular weight is 316 g/mol. The summed E-state index contributed by atoms with van der Waals surface area (Å²) in [4.78, 5) is 10.2. The highest BCUT2D eigenvalue weighted by Gasteiger charge is 2.45. The fraction of sp³-hybridized carbons (Fsp3) is 0.250. The number of methoxy groups -OCH3 is 1. The molecule has 1 aromatic heterocycles. The van der Waals surface area contributed by atoms with Crippen LogP contribution < -0.4 is 4.74 Å². The third-order valence-electron chi connectivity index (χ3n) is 3.41. The predicted octanol–water partition coefficient (Wildman–Crippen LogP) is 3.02. The standard InChI is InChI=1S/C16H16N2O3S/c1-16(19)14(11-6-8-17-9-7-11)15(18-21-16)22-13-5-3-4-12(10-13)20-2/h3-10,14,19H,1-2H3. The Hall–Kier alpha value is -2.05. The van der Waals surface area contributed by atoms with Gasteiger partial charge in [-0.15, -0.1) is 0 Å². The SMILES string of the molecule is COc1cccc(SC2=NOC(C)(O)C2c2ccncc2)c1. The Morgan fingerprint density at radius 3 is 2.77 bits per heavy atom. The van der Waals surface area contributed by atoms with Gasteiger partial charge in [0.25, 0.3) is 0 Å². The summed E-state index contributed by atoms with van der Waals surface area (Å²) >= 11 is 1.45. The number of oxime groups is 1. The van der Waals surface area contributed by atoms with Gasteiger partial charge in [0.05, 0.1) is 7.11 Å². The third kappa shape index (κ3) is 2.93. The Morgan fingerprint density at radius 2 is 2.05 bits per heavy atom. The summed E-state index contributed by atoms with van der Waals surface area (Å²) in [7, 11) is 1.63. The molecule has 5 nitrogen and oxygen atoms in total. The van der Waals surface area contributed by atoms with Crippen molar-refractivity contribution in [3.63, 3.8) is 0 Å². The fourth-order valence-corrected chi connectivity index (χ4v) is 3.45. The zero-order chi connectivity index (χ0) is 15.6. The first-order valence-corrected chi connectivity index (χ1v) is 7.62. The third-order valence-corrected chi connectivity index (χ3v) is 4.42. The van der Waals surface area contributed by atoms with Crippen LogP contribution >= 0.6 is 11.8 Å². The van der Waals surface area contributed by atoms with Gasteiger partial charge in [-0.1, -0.05) is 23.0 Å². The number of aliphatic hydroxyl groups is 1. The lowest BCUT2D eigenvalue weighted by atomic mass is 9.94. The quantitative estimate of drug-likeness (QED) is 0.943. The van der Waals surface area contributed by atoms with Gasteiger partial charge in [0.1, 0.15) is 16.7 Å². The second-order valence-electron chi connectivity index (χ2n) is 5.07. The van der Waals surface area contributed by atoms with Crippen molar-refractivity contribution in [3.8, 4) is 5.75 Å². The van der Waals surface area contributed by atoms with Gasteiger partial charge in [-0.25, -0.2) is 0 Å². The number of nitrogens with zero attached hydrogens (tertiary/aromatic N) is 2. The Kier molecular flexibility index (Phi) is 4.04. The molecule has 0 aliphatic carbocycles. The topological polar surface area (TPSA) is 63.9 Å². The molecule has 6 heteroatoms. The van der Waals surface area contributed by atoms with Gasteiger partial charge < -0.3 is 14.7 Å². The van der Waals surface area contributed by atoms with Crippen LogP contribution in [0, 0.1) is 0 Å². The molecule has 0 fully saturated rings. The minimum Gasteiger partial charge on any atom is -0.497 e. The maximum Gasteiger partial charge on any atom is 0.244 e. The first-order valence-electron chi connectivity index (χ1n) is 6.80. The molecule has 0 saturated heterocycles. The van der Waals surface area contributed by atoms with Crippen LogP contribution in [0.2, 0.25) is 0 Å². The van der Waals surface area contributed by atoms with E-state index in [9.17, 15) is 5.11 Å². The number of thioether (sulfide) groups is 1. The zero-order valence-corrected chi connectivity index (χ0v) is 13.1. The van der Waals surface area contributed by atoms with Crippen LogP contribution in [-0.2, 0) is 4.84 Å². The summed E-state index contributed by atoms with van der Waals surface area (Å²) in [5.74, 6) is -0.953. The van der Waals surface area contributed by atoms with Crippen LogP contribution in [-0.4, -0.2) is 28.0 Å². The van der Waals surface area contributed by atoms with E-state index in [2.05, 4.69) is 10.1 Å². The van der Waals surface area contributed by atoms with E-state index < -0.39 is 5.79 Å². The van der Waals surface area contributed by atoms with Crippen LogP contribution in [0.1, 0.15) is 18.4 Å². The molecular formula is C16H16N2O3S. The van der Waals surface area contributed by atoms with Crippen molar-refractivity contribution in [2.24, 2.45) is 5.16 Å². The van der Waals surface area contributed by atoms with Gasteiger partial charge >= 0.3 is 0 Å². The average Bonchev–Trinajstić information content (AvgIpc) is 2.83. The Balaban J connectivity index is 1.89. The highest BCUT2D eigenvalue weighted by molar-refractivity contribution is 8.14. The summed E-state index contributed by atoms with van der Waals surface area (Å²) < 4.78 is 5.23. The van der Waals surface area contributed by atoms with E-state index in [1.54, 1.807) is 26.4 Å². The van der Waals surface area contributed by atoms with Crippen molar-refractivity contribution in [2.45, 2.75) is 23.5 Å². The van der Waals surface area contributed by atoms with Crippen molar-refractivity contribution in [1.82, 2.24) is 4.98 Å². The highest BCUT2D eigenvalue weighted by Crippen LogP contribution is 2.42. The number of rotatable bonds is 3. The molecule has 2 atom stereocenters. The molecule has 0 radical (unpaired) electrons. The molecule has 0 saturated carbocycles. The molecule has 1 aliphatic heterocycles. The van der Waals surface area contributed by atoms with Gasteiger partial charge in [-0.3, -0.25) is 4.98 Å². The van der Waals surface area contributed by atoms with Gasteiger partial charge in [0, 0.05) is 24.2 Å². The van der Waals surface area contributed by atoms with Crippen LogP contribution in [0.3, 0.4) is 0 Å². The second kappa shape index (κ2) is 5.98. The molecular weight excluding hydrogens is 300 g/mol. The molecule has 3 rings (SSSR count). The zero-order valence-electron chi connectivity index (χ0n) is 12.3. The number of aromatic nitrogens is 1. The molecule has 0 bridgehead atoms. The maximum absolute atomic E-state index is 10.5. The second-order valence-corrected chi connectivity index (χ2v) is 6.16. The molecule has 0 amide bonds. The molecule has 2 unspecified atom stereocenters. The number of hydrogen-bond acceptors (Lipinski definition) is 6. The van der Waals surface area contributed by atoms with Crippen molar-refractivity contribution >= 4 is 16.8 Å². The van der Waals surface area contributed by atoms with Crippen LogP contribution in [0.4, 0.5) is 0 Å². The largest absolute Gasteiger partial charge is 0.497 e. The van der Waals surface area contributed by atoms with Crippen LogP contribution in [0.15, 0.2) is 58.8 Å². The molecule has 0 spiro atoms. The van der Waals surface area contributed by atoms with Crippen molar-refractivity contribution in [3.05, 3.63) is 54.4 Å². The number of benzene rings is 1. The summed E-state index contributed by atoms with van der Waals surface area (Å²) in [6.07, 6.45) is 3.38. The van der Waals surface area contributed by atoms with Gasteiger partial charge in [0.15, 0.2) is 0 Å². The van der Waals surface area contributed by atoms with Crippen molar-refractivity contribution < 1.29 is 14.7 Å². The molecule has 1 aromatic carbocycles. The van der Waals surface area contributed by atoms with E-state index in [4.69, 9.17) is 9.57 Å². The lowest BCUT2D eigenvalue weighted by molar-refractivity contribution is -0.179. The van der Waals surface area contributed by atoms with Crippen molar-refractivity contribution in [2.75, 3.05) is 7.11 Å². The number of pyridine rings is 1. The lowest BCUT2D eigenvalue weighted by Gasteiger charge is -2.23. The normalized spacial score (nSPS) is 23.8. The molecule has 2 aromatic rings. The van der Waals surface area contributed by atoms with Gasteiger partial charge in [-0.05, 0) is 35.9 Å². The van der Waals surface area contributed by atoms with E-state index in [0.717, 1.165) is 16.2 Å². The van der Waals surface area contributed by atoms with Gasteiger partial charge in [-0.2, -0.15) is 0 Å². The van der Waals surface area contributed by atoms with E-state index in [-0.39, 0.29) is 5.92 Å². The van der Waals surface area contributed by atoms with E-state index in [1.807, 2.05) is 36.4 Å². The van der Waals surface area contributed by atoms with E-state index in [0.29, 0.717) is 5.04 Å². The first kappa shape index (κ1) is 14.9. The maximum atomic E-state index is 10.5. The Labute approximate surface area is 133 Å². The summed E-state index contributed by atoms with van der Waals surface area (Å²) in [6.45, 7) is 1.61. The van der Waals surface area contributed by atoms with Crippen LogP contribution in [0.5, 0.6) is 5.75 Å². The molecule has 114 valence electrons. The monoisotopic (exact) mass is 316 g/mol. The fourth-order valence-electron chi connectivity index (χ4n) is 2.34. The van der Waals surface area contributed by atoms with Crippen LogP contribution in [0.25, 0.3) is 0 Å². The van der Waals surface area contributed by atoms with Crippen molar-refractivity contribution in [1.29, 1.82) is 0 Å². The van der Waals surface area contributed by atoms with E-state index in [1.165, 1.54) is 11.8 Å². The Bertz CT molecular complexity index is 689. The first-order chi connectivity index (χ1) is 10.6. The Morgan fingerprint density at radius 1 is 1.27 bits per heavy atom. The number of hydrogen-bond donors (Lipinski definition) is 1. The highest BCUT2D eigenvalue weighted by atomic mass is 32.2. The number of ether oxygens (including phenoxy) is 1. The summed E-state index contributed by atoms with van der Waals surface area (Å²) in [6, 6.07) is 11.4. The molecule has 1 aliphatic rings. The smallest absolute Gasteiger partial charge is 0.244 e. The predicted molar refractivity (Wildman–Crippen MR) is 85.0 cm³/mol. The lowest BCUT2D eigenvalue weighted by Crippen LogP contribution is -2.32. The minimum absolute atomic E-state index is 0.355.